The number of hydrogen-bond donors (Lipinski definition) is 2. The molecule has 2 amide bonds. The average molecular weight is 423 g/mol. The third-order valence-corrected chi connectivity index (χ3v) is 5.15. The summed E-state index contributed by atoms with van der Waals surface area (Å²) >= 11 is 0. The van der Waals surface area contributed by atoms with Crippen LogP contribution in [-0.4, -0.2) is 40.6 Å². The lowest BCUT2D eigenvalue weighted by Crippen LogP contribution is -2.50. The molecule has 31 heavy (non-hydrogen) atoms. The largest absolute Gasteiger partial charge is 0.493 e. The molecule has 0 fully saturated rings. The summed E-state index contributed by atoms with van der Waals surface area (Å²) in [5, 5.41) is 5.82. The Labute approximate surface area is 182 Å². The van der Waals surface area contributed by atoms with E-state index in [4.69, 9.17) is 4.74 Å². The second kappa shape index (κ2) is 10.1. The normalized spacial score (nSPS) is 12.0. The van der Waals surface area contributed by atoms with Crippen molar-refractivity contribution in [2.24, 2.45) is 5.92 Å². The predicted octanol–water partition coefficient (Wildman–Crippen LogP) is 3.31. The molecular formula is C24H30N4O3. The molecular weight excluding hydrogens is 392 g/mol. The lowest BCUT2D eigenvalue weighted by molar-refractivity contribution is -0.123. The Morgan fingerprint density at radius 1 is 1.10 bits per heavy atom. The van der Waals surface area contributed by atoms with Crippen molar-refractivity contribution in [2.45, 2.75) is 40.3 Å². The van der Waals surface area contributed by atoms with Gasteiger partial charge in [0.25, 0.3) is 5.91 Å². The Bertz CT molecular complexity index is 1060. The van der Waals surface area contributed by atoms with Gasteiger partial charge in [-0.3, -0.25) is 9.59 Å². The minimum atomic E-state index is -0.650. The number of aryl methyl sites for hydroxylation is 1. The topological polar surface area (TPSA) is 85.2 Å². The van der Waals surface area contributed by atoms with E-state index >= 15 is 0 Å². The van der Waals surface area contributed by atoms with Crippen LogP contribution in [0.2, 0.25) is 0 Å². The molecule has 0 bridgehead atoms. The van der Waals surface area contributed by atoms with Gasteiger partial charge < -0.3 is 19.9 Å². The van der Waals surface area contributed by atoms with Crippen molar-refractivity contribution < 1.29 is 14.3 Å². The molecule has 0 aliphatic carbocycles. The van der Waals surface area contributed by atoms with Crippen molar-refractivity contribution in [2.75, 3.05) is 13.2 Å². The van der Waals surface area contributed by atoms with Gasteiger partial charge in [-0.05, 0) is 44.0 Å². The van der Waals surface area contributed by atoms with Gasteiger partial charge in [0.2, 0.25) is 5.91 Å². The summed E-state index contributed by atoms with van der Waals surface area (Å²) < 4.78 is 7.62. The second-order valence-corrected chi connectivity index (χ2v) is 7.71. The third-order valence-electron chi connectivity index (χ3n) is 5.15. The quantitative estimate of drug-likeness (QED) is 0.554. The van der Waals surface area contributed by atoms with Crippen LogP contribution in [0.1, 0.15) is 37.0 Å². The Morgan fingerprint density at radius 2 is 1.81 bits per heavy atom. The molecule has 7 nitrogen and oxygen atoms in total. The van der Waals surface area contributed by atoms with Gasteiger partial charge in [0.05, 0.1) is 23.2 Å². The van der Waals surface area contributed by atoms with Crippen LogP contribution < -0.4 is 15.4 Å². The van der Waals surface area contributed by atoms with Crippen LogP contribution in [0.25, 0.3) is 11.0 Å². The number of benzene rings is 2. The fourth-order valence-electron chi connectivity index (χ4n) is 3.57. The molecule has 0 aliphatic rings. The molecule has 3 aromatic rings. The molecule has 0 spiro atoms. The SMILES string of the molecule is CCOc1ccccc1C(=O)NC(C(=O)NCCn1c(C)nc2ccccc21)C(C)C. The first-order chi connectivity index (χ1) is 14.9. The second-order valence-electron chi connectivity index (χ2n) is 7.71. The molecule has 7 heteroatoms. The number of hydrogen-bond acceptors (Lipinski definition) is 4. The molecule has 164 valence electrons. The van der Waals surface area contributed by atoms with Crippen LogP contribution >= 0.6 is 0 Å². The molecule has 2 N–H and O–H groups in total. The highest BCUT2D eigenvalue weighted by molar-refractivity contribution is 5.99. The summed E-state index contributed by atoms with van der Waals surface area (Å²) in [6.07, 6.45) is 0. The maximum atomic E-state index is 12.9. The Kier molecular flexibility index (Phi) is 7.28. The van der Waals surface area contributed by atoms with Gasteiger partial charge in [0.1, 0.15) is 17.6 Å². The molecule has 0 saturated carbocycles. The number of imidazole rings is 1. The van der Waals surface area contributed by atoms with Gasteiger partial charge in [-0.25, -0.2) is 4.98 Å². The van der Waals surface area contributed by atoms with Gasteiger partial charge >= 0.3 is 0 Å². The van der Waals surface area contributed by atoms with E-state index in [0.29, 0.717) is 31.0 Å². The zero-order valence-corrected chi connectivity index (χ0v) is 18.5. The summed E-state index contributed by atoms with van der Waals surface area (Å²) in [5.74, 6) is 0.803. The Morgan fingerprint density at radius 3 is 2.55 bits per heavy atom. The first-order valence-corrected chi connectivity index (χ1v) is 10.6. The summed E-state index contributed by atoms with van der Waals surface area (Å²) in [4.78, 5) is 30.2. The fourth-order valence-corrected chi connectivity index (χ4v) is 3.57. The van der Waals surface area contributed by atoms with Crippen LogP contribution in [0.4, 0.5) is 0 Å². The Balaban J connectivity index is 1.64. The van der Waals surface area contributed by atoms with E-state index in [0.717, 1.165) is 16.9 Å². The summed E-state index contributed by atoms with van der Waals surface area (Å²) in [7, 11) is 0. The first kappa shape index (κ1) is 22.3. The third kappa shape index (κ3) is 5.23. The van der Waals surface area contributed by atoms with Crippen molar-refractivity contribution in [1.82, 2.24) is 20.2 Å². The number of carbonyl (C=O) groups is 2. The smallest absolute Gasteiger partial charge is 0.255 e. The van der Waals surface area contributed by atoms with E-state index in [1.54, 1.807) is 18.2 Å². The van der Waals surface area contributed by atoms with Gasteiger partial charge in [-0.2, -0.15) is 0 Å². The predicted molar refractivity (Wildman–Crippen MR) is 121 cm³/mol. The van der Waals surface area contributed by atoms with Crippen LogP contribution in [0.3, 0.4) is 0 Å². The van der Waals surface area contributed by atoms with E-state index in [1.807, 2.05) is 58.0 Å². The van der Waals surface area contributed by atoms with Crippen molar-refractivity contribution in [3.63, 3.8) is 0 Å². The molecule has 1 unspecified atom stereocenters. The number of fused-ring (bicyclic) bond motifs is 1. The number of ether oxygens (including phenoxy) is 1. The maximum Gasteiger partial charge on any atom is 0.255 e. The molecule has 3 rings (SSSR count). The number of carbonyl (C=O) groups excluding carboxylic acids is 2. The molecule has 0 aliphatic heterocycles. The molecule has 0 saturated heterocycles. The fraction of sp³-hybridized carbons (Fsp3) is 0.375. The number of nitrogens with one attached hydrogen (secondary N) is 2. The zero-order chi connectivity index (χ0) is 22.4. The molecule has 2 aromatic carbocycles. The highest BCUT2D eigenvalue weighted by Crippen LogP contribution is 2.18. The number of aromatic nitrogens is 2. The lowest BCUT2D eigenvalue weighted by Gasteiger charge is -2.22. The van der Waals surface area contributed by atoms with E-state index < -0.39 is 6.04 Å². The number of rotatable bonds is 9. The van der Waals surface area contributed by atoms with Gasteiger partial charge in [0.15, 0.2) is 0 Å². The van der Waals surface area contributed by atoms with Crippen molar-refractivity contribution in [3.8, 4) is 5.75 Å². The molecule has 1 aromatic heterocycles. The molecule has 1 heterocycles. The summed E-state index contributed by atoms with van der Waals surface area (Å²) in [6, 6.07) is 14.3. The molecule has 1 atom stereocenters. The van der Waals surface area contributed by atoms with Crippen LogP contribution in [0.15, 0.2) is 48.5 Å². The standard InChI is InChI=1S/C24H30N4O3/c1-5-31-21-13-9-6-10-18(21)23(29)27-22(16(2)3)24(30)25-14-15-28-17(4)26-19-11-7-8-12-20(19)28/h6-13,16,22H,5,14-15H2,1-4H3,(H,25,30)(H,27,29). The maximum absolute atomic E-state index is 12.9. The lowest BCUT2D eigenvalue weighted by atomic mass is 10.0. The van der Waals surface area contributed by atoms with E-state index in [9.17, 15) is 9.59 Å². The zero-order valence-electron chi connectivity index (χ0n) is 18.5. The van der Waals surface area contributed by atoms with Crippen LogP contribution in [0, 0.1) is 12.8 Å². The minimum Gasteiger partial charge on any atom is -0.493 e. The number of para-hydroxylation sites is 3. The van der Waals surface area contributed by atoms with Crippen molar-refractivity contribution >= 4 is 22.8 Å². The van der Waals surface area contributed by atoms with Crippen molar-refractivity contribution in [1.29, 1.82) is 0 Å². The summed E-state index contributed by atoms with van der Waals surface area (Å²) in [5.41, 5.74) is 2.39. The monoisotopic (exact) mass is 422 g/mol. The van der Waals surface area contributed by atoms with Crippen LogP contribution in [-0.2, 0) is 11.3 Å². The highest BCUT2D eigenvalue weighted by Gasteiger charge is 2.25. The minimum absolute atomic E-state index is 0.0704. The van der Waals surface area contributed by atoms with E-state index in [2.05, 4.69) is 20.2 Å². The van der Waals surface area contributed by atoms with Gasteiger partial charge in [0, 0.05) is 13.1 Å². The average Bonchev–Trinajstić information content (AvgIpc) is 3.07. The Hall–Kier alpha value is -3.35. The van der Waals surface area contributed by atoms with E-state index in [1.165, 1.54) is 0 Å². The van der Waals surface area contributed by atoms with Crippen molar-refractivity contribution in [3.05, 3.63) is 59.9 Å². The van der Waals surface area contributed by atoms with Crippen LogP contribution in [0.5, 0.6) is 5.75 Å². The highest BCUT2D eigenvalue weighted by atomic mass is 16.5. The molecule has 0 radical (unpaired) electrons. The first-order valence-electron chi connectivity index (χ1n) is 10.6. The summed E-state index contributed by atoms with van der Waals surface area (Å²) in [6.45, 7) is 9.14. The number of amides is 2. The van der Waals surface area contributed by atoms with E-state index in [-0.39, 0.29) is 17.7 Å². The van der Waals surface area contributed by atoms with Gasteiger partial charge in [-0.15, -0.1) is 0 Å². The van der Waals surface area contributed by atoms with Gasteiger partial charge in [-0.1, -0.05) is 38.1 Å². The number of nitrogens with zero attached hydrogens (tertiary/aromatic N) is 2.